The quantitative estimate of drug-likeness (QED) is 0.614. The Kier molecular flexibility index (Phi) is 5.76. The molecule has 0 bridgehead atoms. The summed E-state index contributed by atoms with van der Waals surface area (Å²) >= 11 is 11.1. The first-order chi connectivity index (χ1) is 13.7. The number of benzene rings is 2. The number of amidine groups is 1. The molecular weight excluding hydrogens is 503 g/mol. The third-order valence-electron chi connectivity index (χ3n) is 4.72. The molecule has 0 unspecified atom stereocenters. The molecule has 4 rings (SSSR count). The molecule has 2 aromatic rings. The summed E-state index contributed by atoms with van der Waals surface area (Å²) in [7, 11) is -3.16. The minimum Gasteiger partial charge on any atom is -0.314 e. The van der Waals surface area contributed by atoms with Gasteiger partial charge in [-0.3, -0.25) is 4.79 Å². The van der Waals surface area contributed by atoms with E-state index in [0.29, 0.717) is 21.4 Å². The van der Waals surface area contributed by atoms with Gasteiger partial charge in [0, 0.05) is 9.72 Å². The highest BCUT2D eigenvalue weighted by molar-refractivity contribution is 9.10. The van der Waals surface area contributed by atoms with Crippen LogP contribution in [0.4, 0.5) is 10.1 Å². The average molecular weight is 518 g/mol. The van der Waals surface area contributed by atoms with Gasteiger partial charge in [-0.15, -0.1) is 0 Å². The summed E-state index contributed by atoms with van der Waals surface area (Å²) in [4.78, 5) is 18.6. The maximum Gasteiger partial charge on any atom is 0.252 e. The van der Waals surface area contributed by atoms with Gasteiger partial charge >= 0.3 is 0 Å². The molecule has 2 aromatic carbocycles. The van der Waals surface area contributed by atoms with Crippen molar-refractivity contribution in [3.8, 4) is 0 Å². The highest BCUT2D eigenvalue weighted by Crippen LogP contribution is 2.43. The number of fused-ring (bicyclic) bond motifs is 1. The Morgan fingerprint density at radius 3 is 2.66 bits per heavy atom. The van der Waals surface area contributed by atoms with Crippen molar-refractivity contribution in [1.82, 2.24) is 0 Å². The van der Waals surface area contributed by atoms with Crippen molar-refractivity contribution in [3.05, 3.63) is 63.3 Å². The number of rotatable bonds is 3. The molecule has 0 N–H and O–H groups in total. The third kappa shape index (κ3) is 4.52. The number of nitrogens with zero attached hydrogens (tertiary/aromatic N) is 2. The van der Waals surface area contributed by atoms with Crippen LogP contribution in [0.15, 0.2) is 51.9 Å². The molecule has 2 atom stereocenters. The van der Waals surface area contributed by atoms with Crippen LogP contribution in [0.25, 0.3) is 0 Å². The minimum absolute atomic E-state index is 0.0117. The van der Waals surface area contributed by atoms with Crippen LogP contribution in [0, 0.1) is 5.82 Å². The highest BCUT2D eigenvalue weighted by atomic mass is 79.9. The molecular formula is C19H15BrClFN2O3S2. The third-order valence-corrected chi connectivity index (χ3v) is 8.73. The number of thioether (sulfide) groups is 1. The molecule has 2 saturated heterocycles. The zero-order chi connectivity index (χ0) is 20.8. The molecule has 2 aliphatic rings. The number of sulfone groups is 1. The number of aliphatic imine (C=N–C) groups is 1. The second-order valence-corrected chi connectivity index (χ2v) is 11.5. The fourth-order valence-electron chi connectivity index (χ4n) is 3.45. The zero-order valence-electron chi connectivity index (χ0n) is 14.9. The molecule has 29 heavy (non-hydrogen) atoms. The number of carbonyl (C=O) groups is 1. The van der Waals surface area contributed by atoms with Gasteiger partial charge in [0.15, 0.2) is 15.0 Å². The molecule has 0 aliphatic carbocycles. The van der Waals surface area contributed by atoms with Crippen molar-refractivity contribution in [2.24, 2.45) is 4.99 Å². The summed E-state index contributed by atoms with van der Waals surface area (Å²) in [6.45, 7) is 0. The van der Waals surface area contributed by atoms with Crippen LogP contribution in [0.5, 0.6) is 0 Å². The summed E-state index contributed by atoms with van der Waals surface area (Å²) in [5.41, 5.74) is 1.26. The van der Waals surface area contributed by atoms with Crippen molar-refractivity contribution >= 4 is 65.9 Å². The van der Waals surface area contributed by atoms with Gasteiger partial charge in [-0.05, 0) is 35.9 Å². The standard InChI is InChI=1S/C19H15BrClFN2O3S2/c20-12-3-6-15(14(21)8-12)24-16-9-29(26,27)10-17(16)28-19(24)23-18(25)7-11-1-4-13(22)5-2-11/h1-6,8,16-17H,7,9-10H2/t16-,17+/m0/s1. The SMILES string of the molecule is O=C(Cc1ccc(F)cc1)N=C1S[C@@H]2CS(=O)(=O)C[C@@H]2N1c1ccc(Br)cc1Cl. The highest BCUT2D eigenvalue weighted by Gasteiger charge is 2.49. The summed E-state index contributed by atoms with van der Waals surface area (Å²) in [5, 5.41) is 0.659. The fraction of sp³-hybridized carbons (Fsp3) is 0.263. The van der Waals surface area contributed by atoms with Crippen molar-refractivity contribution in [2.45, 2.75) is 17.7 Å². The second kappa shape index (κ2) is 8.02. The Labute approximate surface area is 185 Å². The molecule has 5 nitrogen and oxygen atoms in total. The van der Waals surface area contributed by atoms with Gasteiger partial charge < -0.3 is 4.90 Å². The second-order valence-electron chi connectivity index (χ2n) is 6.86. The predicted octanol–water partition coefficient (Wildman–Crippen LogP) is 4.09. The lowest BCUT2D eigenvalue weighted by Gasteiger charge is -2.25. The summed E-state index contributed by atoms with van der Waals surface area (Å²) in [6, 6.07) is 10.6. The average Bonchev–Trinajstić information content (AvgIpc) is 3.08. The Morgan fingerprint density at radius 1 is 1.24 bits per heavy atom. The normalized spacial score (nSPS) is 24.1. The molecule has 0 radical (unpaired) electrons. The smallest absolute Gasteiger partial charge is 0.252 e. The van der Waals surface area contributed by atoms with E-state index < -0.39 is 9.84 Å². The number of halogens is 3. The first-order valence-electron chi connectivity index (χ1n) is 8.69. The lowest BCUT2D eigenvalue weighted by atomic mass is 10.1. The Hall–Kier alpha value is -1.42. The summed E-state index contributed by atoms with van der Waals surface area (Å²) in [6.07, 6.45) is 0.0277. The number of anilines is 1. The Bertz CT molecular complexity index is 1110. The number of carbonyl (C=O) groups excluding carboxylic acids is 1. The molecule has 0 aromatic heterocycles. The van der Waals surface area contributed by atoms with E-state index in [9.17, 15) is 17.6 Å². The molecule has 1 amide bonds. The van der Waals surface area contributed by atoms with Crippen LogP contribution in [-0.2, 0) is 21.1 Å². The minimum atomic E-state index is -3.16. The van der Waals surface area contributed by atoms with Crippen LogP contribution < -0.4 is 4.90 Å². The van der Waals surface area contributed by atoms with Gasteiger partial charge in [-0.25, -0.2) is 12.8 Å². The summed E-state index contributed by atoms with van der Waals surface area (Å²) < 4.78 is 38.1. The molecule has 0 saturated carbocycles. The van der Waals surface area contributed by atoms with Gasteiger partial charge in [-0.1, -0.05) is 51.4 Å². The van der Waals surface area contributed by atoms with E-state index in [2.05, 4.69) is 20.9 Å². The topological polar surface area (TPSA) is 66.8 Å². The van der Waals surface area contributed by atoms with Crippen molar-refractivity contribution < 1.29 is 17.6 Å². The molecule has 152 valence electrons. The first kappa shape index (κ1) is 20.8. The fourth-order valence-corrected chi connectivity index (χ4v) is 8.13. The Morgan fingerprint density at radius 2 is 1.97 bits per heavy atom. The number of hydrogen-bond donors (Lipinski definition) is 0. The van der Waals surface area contributed by atoms with Crippen molar-refractivity contribution in [3.63, 3.8) is 0 Å². The first-order valence-corrected chi connectivity index (χ1v) is 12.6. The monoisotopic (exact) mass is 516 g/mol. The van der Waals surface area contributed by atoms with E-state index in [0.717, 1.165) is 4.47 Å². The molecule has 2 aliphatic heterocycles. The van der Waals surface area contributed by atoms with Crippen LogP contribution >= 0.6 is 39.3 Å². The maximum absolute atomic E-state index is 13.1. The largest absolute Gasteiger partial charge is 0.314 e. The predicted molar refractivity (Wildman–Crippen MR) is 118 cm³/mol. The van der Waals surface area contributed by atoms with E-state index in [-0.39, 0.29) is 40.9 Å². The van der Waals surface area contributed by atoms with Crippen molar-refractivity contribution in [1.29, 1.82) is 0 Å². The van der Waals surface area contributed by atoms with Crippen molar-refractivity contribution in [2.75, 3.05) is 16.4 Å². The Balaban J connectivity index is 1.66. The molecule has 10 heteroatoms. The van der Waals surface area contributed by atoms with Gasteiger partial charge in [0.1, 0.15) is 5.82 Å². The number of hydrogen-bond acceptors (Lipinski definition) is 4. The van der Waals surface area contributed by atoms with E-state index >= 15 is 0 Å². The lowest BCUT2D eigenvalue weighted by molar-refractivity contribution is -0.117. The summed E-state index contributed by atoms with van der Waals surface area (Å²) in [5.74, 6) is -0.732. The van der Waals surface area contributed by atoms with E-state index in [1.807, 2.05) is 0 Å². The maximum atomic E-state index is 13.1. The van der Waals surface area contributed by atoms with Gasteiger partial charge in [0.2, 0.25) is 0 Å². The van der Waals surface area contributed by atoms with Gasteiger partial charge in [0.05, 0.1) is 34.7 Å². The van der Waals surface area contributed by atoms with Gasteiger partial charge in [-0.2, -0.15) is 4.99 Å². The van der Waals surface area contributed by atoms with Crippen LogP contribution in [0.1, 0.15) is 5.56 Å². The zero-order valence-corrected chi connectivity index (χ0v) is 18.9. The molecule has 0 spiro atoms. The number of amides is 1. The van der Waals surface area contributed by atoms with E-state index in [1.165, 1.54) is 23.9 Å². The van der Waals surface area contributed by atoms with Crippen LogP contribution in [-0.4, -0.2) is 42.3 Å². The lowest BCUT2D eigenvalue weighted by Crippen LogP contribution is -2.38. The van der Waals surface area contributed by atoms with E-state index in [4.69, 9.17) is 11.6 Å². The van der Waals surface area contributed by atoms with E-state index in [1.54, 1.807) is 35.2 Å². The molecule has 2 heterocycles. The van der Waals surface area contributed by atoms with Crippen LogP contribution in [0.2, 0.25) is 5.02 Å². The van der Waals surface area contributed by atoms with Gasteiger partial charge in [0.25, 0.3) is 5.91 Å². The molecule has 2 fully saturated rings. The van der Waals surface area contributed by atoms with Crippen LogP contribution in [0.3, 0.4) is 0 Å².